The summed E-state index contributed by atoms with van der Waals surface area (Å²) in [4.78, 5) is 19.7. The van der Waals surface area contributed by atoms with Gasteiger partial charge in [0.05, 0.1) is 11.0 Å². The molecule has 0 spiro atoms. The zero-order valence-corrected chi connectivity index (χ0v) is 15.9. The zero-order chi connectivity index (χ0) is 18.4. The van der Waals surface area contributed by atoms with Gasteiger partial charge in [-0.05, 0) is 57.0 Å². The molecule has 0 radical (unpaired) electrons. The van der Waals surface area contributed by atoms with Gasteiger partial charge in [-0.2, -0.15) is 0 Å². The molecule has 1 aromatic heterocycles. The van der Waals surface area contributed by atoms with Crippen molar-refractivity contribution in [3.05, 3.63) is 59.4 Å². The summed E-state index contributed by atoms with van der Waals surface area (Å²) < 4.78 is 2.29. The van der Waals surface area contributed by atoms with Crippen molar-refractivity contribution < 1.29 is 4.79 Å². The Kier molecular flexibility index (Phi) is 4.06. The van der Waals surface area contributed by atoms with E-state index in [1.165, 1.54) is 5.56 Å². The van der Waals surface area contributed by atoms with Gasteiger partial charge in [-0.25, -0.2) is 4.98 Å². The molecule has 0 saturated carbocycles. The normalized spacial score (nSPS) is 17.7. The van der Waals surface area contributed by atoms with Crippen LogP contribution in [0.1, 0.15) is 49.2 Å². The Bertz CT molecular complexity index is 986. The number of para-hydroxylation sites is 2. The van der Waals surface area contributed by atoms with Gasteiger partial charge in [-0.15, -0.1) is 0 Å². The van der Waals surface area contributed by atoms with E-state index >= 15 is 0 Å². The average Bonchev–Trinajstić information content (AvgIpc) is 3.17. The molecule has 0 unspecified atom stereocenters. The summed E-state index contributed by atoms with van der Waals surface area (Å²) in [7, 11) is 0. The standard InChI is InChI=1S/C22H25N3O/c1-14(2)25-19-8-6-5-7-18(19)23-22(25)17-12-21(26)24(13-17)20-11-15(3)9-10-16(20)4/h5-11,14,17H,12-13H2,1-4H3/t17-/m0/s1. The van der Waals surface area contributed by atoms with E-state index in [9.17, 15) is 4.79 Å². The van der Waals surface area contributed by atoms with Crippen molar-refractivity contribution in [3.63, 3.8) is 0 Å². The van der Waals surface area contributed by atoms with Gasteiger partial charge < -0.3 is 9.47 Å². The van der Waals surface area contributed by atoms with Crippen LogP contribution in [0.2, 0.25) is 0 Å². The summed E-state index contributed by atoms with van der Waals surface area (Å²) >= 11 is 0. The molecule has 0 bridgehead atoms. The summed E-state index contributed by atoms with van der Waals surface area (Å²) in [6.45, 7) is 9.19. The number of aromatic nitrogens is 2. The fourth-order valence-electron chi connectivity index (χ4n) is 4.02. The smallest absolute Gasteiger partial charge is 0.227 e. The lowest BCUT2D eigenvalue weighted by Crippen LogP contribution is -2.25. The summed E-state index contributed by atoms with van der Waals surface area (Å²) in [5.74, 6) is 1.34. The van der Waals surface area contributed by atoms with Crippen molar-refractivity contribution >= 4 is 22.6 Å². The second-order valence-electron chi connectivity index (χ2n) is 7.62. The number of nitrogens with zero attached hydrogens (tertiary/aromatic N) is 3. The molecule has 4 rings (SSSR count). The number of aryl methyl sites for hydroxylation is 2. The lowest BCUT2D eigenvalue weighted by atomic mass is 10.1. The molecule has 2 heterocycles. The molecule has 4 heteroatoms. The highest BCUT2D eigenvalue weighted by molar-refractivity contribution is 5.97. The van der Waals surface area contributed by atoms with Crippen LogP contribution in [0.3, 0.4) is 0 Å². The number of amides is 1. The summed E-state index contributed by atoms with van der Waals surface area (Å²) in [5, 5.41) is 0. The summed E-state index contributed by atoms with van der Waals surface area (Å²) in [5.41, 5.74) is 5.51. The highest BCUT2D eigenvalue weighted by Crippen LogP contribution is 2.35. The predicted octanol–water partition coefficient (Wildman–Crippen LogP) is 4.75. The van der Waals surface area contributed by atoms with Crippen molar-refractivity contribution in [1.82, 2.24) is 9.55 Å². The Hall–Kier alpha value is -2.62. The van der Waals surface area contributed by atoms with Gasteiger partial charge in [-0.3, -0.25) is 4.79 Å². The molecule has 0 N–H and O–H groups in total. The van der Waals surface area contributed by atoms with Crippen LogP contribution in [0.5, 0.6) is 0 Å². The third-order valence-corrected chi connectivity index (χ3v) is 5.29. The van der Waals surface area contributed by atoms with E-state index < -0.39 is 0 Å². The average molecular weight is 347 g/mol. The van der Waals surface area contributed by atoms with Gasteiger partial charge in [0, 0.05) is 30.6 Å². The summed E-state index contributed by atoms with van der Waals surface area (Å²) in [6, 6.07) is 14.8. The molecule has 3 aromatic rings. The van der Waals surface area contributed by atoms with E-state index in [2.05, 4.69) is 68.7 Å². The van der Waals surface area contributed by atoms with E-state index in [1.54, 1.807) is 0 Å². The summed E-state index contributed by atoms with van der Waals surface area (Å²) in [6.07, 6.45) is 0.517. The number of benzene rings is 2. The maximum absolute atomic E-state index is 12.8. The first-order valence-electron chi connectivity index (χ1n) is 9.30. The van der Waals surface area contributed by atoms with Crippen LogP contribution >= 0.6 is 0 Å². The van der Waals surface area contributed by atoms with Crippen molar-refractivity contribution in [2.75, 3.05) is 11.4 Å². The Morgan fingerprint density at radius 1 is 1.12 bits per heavy atom. The van der Waals surface area contributed by atoms with Gasteiger partial charge in [0.1, 0.15) is 5.82 Å². The Balaban J connectivity index is 1.75. The maximum atomic E-state index is 12.8. The third kappa shape index (κ3) is 2.70. The van der Waals surface area contributed by atoms with Gasteiger partial charge in [0.2, 0.25) is 5.91 Å². The van der Waals surface area contributed by atoms with Crippen LogP contribution in [0, 0.1) is 13.8 Å². The van der Waals surface area contributed by atoms with Crippen molar-refractivity contribution in [1.29, 1.82) is 0 Å². The number of carbonyl (C=O) groups excluding carboxylic acids is 1. The fourth-order valence-corrected chi connectivity index (χ4v) is 4.02. The Labute approximate surface area is 154 Å². The van der Waals surface area contributed by atoms with Crippen LogP contribution in [0.4, 0.5) is 5.69 Å². The lowest BCUT2D eigenvalue weighted by molar-refractivity contribution is -0.117. The van der Waals surface area contributed by atoms with E-state index in [0.29, 0.717) is 19.0 Å². The lowest BCUT2D eigenvalue weighted by Gasteiger charge is -2.20. The molecule has 0 aliphatic carbocycles. The molecule has 1 fully saturated rings. The molecule has 1 saturated heterocycles. The molecule has 134 valence electrons. The van der Waals surface area contributed by atoms with Crippen LogP contribution < -0.4 is 4.90 Å². The number of hydrogen-bond donors (Lipinski definition) is 0. The highest BCUT2D eigenvalue weighted by atomic mass is 16.2. The SMILES string of the molecule is Cc1ccc(C)c(N2C[C@@H](c3nc4ccccc4n3C(C)C)CC2=O)c1. The third-order valence-electron chi connectivity index (χ3n) is 5.29. The zero-order valence-electron chi connectivity index (χ0n) is 15.9. The molecule has 1 aliphatic heterocycles. The Morgan fingerprint density at radius 2 is 1.88 bits per heavy atom. The van der Waals surface area contributed by atoms with Gasteiger partial charge in [0.15, 0.2) is 0 Å². The second kappa shape index (κ2) is 6.27. The number of anilines is 1. The molecule has 1 amide bonds. The Morgan fingerprint density at radius 3 is 2.65 bits per heavy atom. The van der Waals surface area contributed by atoms with Crippen LogP contribution in [-0.4, -0.2) is 22.0 Å². The predicted molar refractivity (Wildman–Crippen MR) is 106 cm³/mol. The van der Waals surface area contributed by atoms with Crippen LogP contribution in [0.25, 0.3) is 11.0 Å². The van der Waals surface area contributed by atoms with Crippen LogP contribution in [0.15, 0.2) is 42.5 Å². The first-order valence-corrected chi connectivity index (χ1v) is 9.30. The molecule has 26 heavy (non-hydrogen) atoms. The minimum Gasteiger partial charge on any atom is -0.325 e. The topological polar surface area (TPSA) is 38.1 Å². The van der Waals surface area contributed by atoms with E-state index in [4.69, 9.17) is 4.98 Å². The number of carbonyl (C=O) groups is 1. The van der Waals surface area contributed by atoms with E-state index in [0.717, 1.165) is 28.1 Å². The first kappa shape index (κ1) is 16.8. The molecule has 1 aliphatic rings. The minimum absolute atomic E-state index is 0.122. The number of hydrogen-bond acceptors (Lipinski definition) is 2. The highest BCUT2D eigenvalue weighted by Gasteiger charge is 2.35. The number of rotatable bonds is 3. The van der Waals surface area contributed by atoms with E-state index in [1.807, 2.05) is 11.0 Å². The molecular formula is C22H25N3O. The molecular weight excluding hydrogens is 322 g/mol. The quantitative estimate of drug-likeness (QED) is 0.685. The van der Waals surface area contributed by atoms with Crippen LogP contribution in [-0.2, 0) is 4.79 Å². The molecule has 1 atom stereocenters. The van der Waals surface area contributed by atoms with Gasteiger partial charge in [0.25, 0.3) is 0 Å². The van der Waals surface area contributed by atoms with Gasteiger partial charge in [-0.1, -0.05) is 24.3 Å². The number of fused-ring (bicyclic) bond motifs is 1. The largest absolute Gasteiger partial charge is 0.325 e. The van der Waals surface area contributed by atoms with Crippen molar-refractivity contribution in [2.24, 2.45) is 0 Å². The van der Waals surface area contributed by atoms with Crippen molar-refractivity contribution in [3.8, 4) is 0 Å². The second-order valence-corrected chi connectivity index (χ2v) is 7.62. The minimum atomic E-state index is 0.122. The molecule has 4 nitrogen and oxygen atoms in total. The maximum Gasteiger partial charge on any atom is 0.227 e. The fraction of sp³-hybridized carbons (Fsp3) is 0.364. The number of imidazole rings is 1. The van der Waals surface area contributed by atoms with E-state index in [-0.39, 0.29) is 11.8 Å². The first-order chi connectivity index (χ1) is 12.5. The van der Waals surface area contributed by atoms with Crippen molar-refractivity contribution in [2.45, 2.75) is 46.1 Å². The monoisotopic (exact) mass is 347 g/mol. The van der Waals surface area contributed by atoms with Gasteiger partial charge >= 0.3 is 0 Å². The molecule has 2 aromatic carbocycles.